The van der Waals surface area contributed by atoms with Gasteiger partial charge in [0.25, 0.3) is 0 Å². The molecule has 0 bridgehead atoms. The molecule has 1 aliphatic carbocycles. The van der Waals surface area contributed by atoms with E-state index in [9.17, 15) is 4.79 Å². The second-order valence-corrected chi connectivity index (χ2v) is 2.69. The van der Waals surface area contributed by atoms with E-state index >= 15 is 0 Å². The van der Waals surface area contributed by atoms with Gasteiger partial charge in [-0.05, 0) is 12.8 Å². The van der Waals surface area contributed by atoms with Crippen LogP contribution in [0.25, 0.3) is 11.9 Å². The van der Waals surface area contributed by atoms with Crippen molar-refractivity contribution in [3.05, 3.63) is 24.2 Å². The average molecular weight is 383 g/mol. The third-order valence-corrected chi connectivity index (χ3v) is 2.17. The molecule has 0 unspecified atom stereocenters. The SMILES string of the molecule is C=C(O)C1(C(=O)O)CCC1.C[NH-].[NH2-].[Pt+2]. The van der Waals surface area contributed by atoms with E-state index in [2.05, 4.69) is 6.58 Å². The first-order valence-corrected chi connectivity index (χ1v) is 3.71. The number of nitrogens with two attached hydrogens (primary N) is 1. The number of carboxylic acid groups (broad SMARTS) is 1. The number of aliphatic hydroxyl groups is 1. The van der Waals surface area contributed by atoms with Crippen LogP contribution in [0.3, 0.4) is 0 Å². The fourth-order valence-corrected chi connectivity index (χ4v) is 1.16. The third kappa shape index (κ3) is 3.40. The van der Waals surface area contributed by atoms with Crippen molar-refractivity contribution in [1.82, 2.24) is 0 Å². The molecule has 5 nitrogen and oxygen atoms in total. The van der Waals surface area contributed by atoms with E-state index in [0.29, 0.717) is 12.8 Å². The Morgan fingerprint density at radius 3 is 1.71 bits per heavy atom. The first kappa shape index (κ1) is 19.2. The molecule has 0 heterocycles. The van der Waals surface area contributed by atoms with Crippen LogP contribution in [0.4, 0.5) is 0 Å². The second kappa shape index (κ2) is 7.97. The molecule has 1 fully saturated rings. The van der Waals surface area contributed by atoms with Crippen LogP contribution in [-0.2, 0) is 25.9 Å². The van der Waals surface area contributed by atoms with Gasteiger partial charge in [0.15, 0.2) is 0 Å². The monoisotopic (exact) mass is 383 g/mol. The summed E-state index contributed by atoms with van der Waals surface area (Å²) in [7, 11) is 1.25. The number of hydrogen-bond acceptors (Lipinski definition) is 2. The minimum atomic E-state index is -1.00. The number of aliphatic hydroxyl groups excluding tert-OH is 1. The van der Waals surface area contributed by atoms with Crippen LogP contribution in [-0.4, -0.2) is 23.2 Å². The standard InChI is InChI=1S/C7H10O3.CH4N.H2N.Pt/c1-5(8)7(6(9)10)3-2-4-7;1-2;;/h8H,1-4H2,(H,9,10);2H,1H3;1H2;/q;2*-1;+2. The van der Waals surface area contributed by atoms with Crippen LogP contribution in [0.15, 0.2) is 12.3 Å². The van der Waals surface area contributed by atoms with Crippen LogP contribution in [0.1, 0.15) is 19.3 Å². The van der Waals surface area contributed by atoms with E-state index in [4.69, 9.17) is 15.9 Å². The van der Waals surface area contributed by atoms with E-state index in [1.807, 2.05) is 0 Å². The van der Waals surface area contributed by atoms with Crippen molar-refractivity contribution >= 4 is 5.97 Å². The largest absolute Gasteiger partial charge is 2.00 e. The summed E-state index contributed by atoms with van der Waals surface area (Å²) in [6.45, 7) is 3.25. The van der Waals surface area contributed by atoms with Crippen LogP contribution < -0.4 is 0 Å². The topological polar surface area (TPSA) is 115 Å². The van der Waals surface area contributed by atoms with E-state index in [1.165, 1.54) is 7.05 Å². The number of aliphatic carboxylic acids is 1. The molecule has 86 valence electrons. The van der Waals surface area contributed by atoms with Crippen LogP contribution in [0.2, 0.25) is 0 Å². The van der Waals surface area contributed by atoms with E-state index in [-0.39, 0.29) is 33.0 Å². The van der Waals surface area contributed by atoms with Gasteiger partial charge in [-0.15, -0.1) is 0 Å². The number of rotatable bonds is 2. The van der Waals surface area contributed by atoms with Crippen molar-refractivity contribution in [3.63, 3.8) is 0 Å². The fourth-order valence-electron chi connectivity index (χ4n) is 1.16. The molecule has 0 aromatic heterocycles. The van der Waals surface area contributed by atoms with Gasteiger partial charge < -0.3 is 22.1 Å². The summed E-state index contributed by atoms with van der Waals surface area (Å²) in [6.07, 6.45) is 1.92. The molecule has 0 atom stereocenters. The number of carboxylic acids is 1. The Bertz CT molecular complexity index is 177. The maximum atomic E-state index is 10.5. The second-order valence-electron chi connectivity index (χ2n) is 2.69. The minimum Gasteiger partial charge on any atom is -0.693 e. The third-order valence-electron chi connectivity index (χ3n) is 2.17. The Morgan fingerprint density at radius 1 is 1.36 bits per heavy atom. The van der Waals surface area contributed by atoms with Crippen molar-refractivity contribution in [2.45, 2.75) is 19.3 Å². The maximum absolute atomic E-state index is 10.5. The average Bonchev–Trinajstić information content (AvgIpc) is 1.87. The summed E-state index contributed by atoms with van der Waals surface area (Å²) < 4.78 is 0. The molecule has 1 saturated carbocycles. The van der Waals surface area contributed by atoms with E-state index < -0.39 is 11.4 Å². The van der Waals surface area contributed by atoms with Gasteiger partial charge in [0, 0.05) is 0 Å². The maximum Gasteiger partial charge on any atom is 2.00 e. The molecule has 0 aliphatic heterocycles. The van der Waals surface area contributed by atoms with Crippen LogP contribution >= 0.6 is 0 Å². The quantitative estimate of drug-likeness (QED) is 0.714. The van der Waals surface area contributed by atoms with E-state index in [1.54, 1.807) is 0 Å². The van der Waals surface area contributed by atoms with Gasteiger partial charge in [-0.25, -0.2) is 0 Å². The summed E-state index contributed by atoms with van der Waals surface area (Å²) in [5.41, 5.74) is 4.75. The molecule has 5 N–H and O–H groups in total. The number of carbonyl (C=O) groups is 1. The van der Waals surface area contributed by atoms with Gasteiger partial charge in [0.1, 0.15) is 11.2 Å². The van der Waals surface area contributed by atoms with Crippen LogP contribution in [0, 0.1) is 5.41 Å². The molecular formula is C8H16N2O3Pt. The molecule has 1 rings (SSSR count). The Hall–Kier alpha value is -0.382. The Morgan fingerprint density at radius 2 is 1.71 bits per heavy atom. The van der Waals surface area contributed by atoms with Gasteiger partial charge in [-0.1, -0.05) is 13.0 Å². The zero-order valence-electron chi connectivity index (χ0n) is 8.02. The number of nitrogens with one attached hydrogen (secondary N) is 1. The summed E-state index contributed by atoms with van der Waals surface area (Å²) in [5.74, 6) is -1.16. The predicted molar refractivity (Wildman–Crippen MR) is 51.2 cm³/mol. The summed E-state index contributed by atoms with van der Waals surface area (Å²) >= 11 is 0. The van der Waals surface area contributed by atoms with Crippen LogP contribution in [0.5, 0.6) is 0 Å². The van der Waals surface area contributed by atoms with Crippen molar-refractivity contribution in [2.75, 3.05) is 7.05 Å². The summed E-state index contributed by atoms with van der Waals surface area (Å²) in [4.78, 5) is 10.5. The van der Waals surface area contributed by atoms with Gasteiger partial charge in [0.2, 0.25) is 0 Å². The Kier molecular flexibility index (Phi) is 10.9. The molecule has 0 amide bonds. The summed E-state index contributed by atoms with van der Waals surface area (Å²) in [6, 6.07) is 0. The molecule has 0 aromatic rings. The molecule has 0 saturated heterocycles. The minimum absolute atomic E-state index is 0. The van der Waals surface area contributed by atoms with Crippen molar-refractivity contribution in [1.29, 1.82) is 0 Å². The van der Waals surface area contributed by atoms with Gasteiger partial charge >= 0.3 is 27.0 Å². The fraction of sp³-hybridized carbons (Fsp3) is 0.625. The molecule has 0 aromatic carbocycles. The smallest absolute Gasteiger partial charge is 0.693 e. The van der Waals surface area contributed by atoms with Gasteiger partial charge in [-0.3, -0.25) is 4.79 Å². The molecule has 14 heavy (non-hydrogen) atoms. The molecular weight excluding hydrogens is 367 g/mol. The Labute approximate surface area is 98.2 Å². The van der Waals surface area contributed by atoms with Crippen molar-refractivity contribution < 1.29 is 36.1 Å². The molecule has 6 heteroatoms. The van der Waals surface area contributed by atoms with Crippen molar-refractivity contribution in [2.24, 2.45) is 5.41 Å². The Balaban J connectivity index is -0.000000284. The predicted octanol–water partition coefficient (Wildman–Crippen LogP) is 2.70. The first-order chi connectivity index (χ1) is 5.59. The summed E-state index contributed by atoms with van der Waals surface area (Å²) in [5, 5.41) is 17.6. The molecule has 0 spiro atoms. The number of hydrogen-bond donors (Lipinski definition) is 2. The molecule has 0 radical (unpaired) electrons. The molecule has 1 aliphatic rings. The van der Waals surface area contributed by atoms with Crippen molar-refractivity contribution in [3.8, 4) is 0 Å². The first-order valence-electron chi connectivity index (χ1n) is 3.71. The normalized spacial score (nSPS) is 15.6. The van der Waals surface area contributed by atoms with Gasteiger partial charge in [-0.2, -0.15) is 7.05 Å². The van der Waals surface area contributed by atoms with E-state index in [0.717, 1.165) is 6.42 Å². The zero-order valence-corrected chi connectivity index (χ0v) is 10.3. The van der Waals surface area contributed by atoms with Gasteiger partial charge in [0.05, 0.1) is 0 Å². The zero-order chi connectivity index (χ0) is 9.78.